The van der Waals surface area contributed by atoms with Crippen LogP contribution < -0.4 is 13.9 Å². The first-order valence-corrected chi connectivity index (χ1v) is 9.37. The Morgan fingerprint density at radius 1 is 1.04 bits per heavy atom. The summed E-state index contributed by atoms with van der Waals surface area (Å²) in [7, 11) is -3.68. The predicted molar refractivity (Wildman–Crippen MR) is 101 cm³/mol. The van der Waals surface area contributed by atoms with E-state index in [1.54, 1.807) is 12.1 Å². The molecule has 2 aromatic rings. The number of nitrogens with one attached hydrogen (secondary N) is 1. The van der Waals surface area contributed by atoms with Gasteiger partial charge in [-0.1, -0.05) is 30.3 Å². The Kier molecular flexibility index (Phi) is 5.19. The molecule has 0 radical (unpaired) electrons. The van der Waals surface area contributed by atoms with Crippen LogP contribution in [0.1, 0.15) is 0 Å². The lowest BCUT2D eigenvalue weighted by molar-refractivity contribution is 0.0353. The highest BCUT2D eigenvalue weighted by Gasteiger charge is 2.42. The molecule has 0 amide bonds. The SMILES string of the molecule is Cl.O=S1(=O)N(C[C@@H]2CNCCO2)c2ccccc2N1c1ccccc1. The van der Waals surface area contributed by atoms with E-state index in [0.29, 0.717) is 36.8 Å². The predicted octanol–water partition coefficient (Wildman–Crippen LogP) is 2.30. The number of para-hydroxylation sites is 3. The van der Waals surface area contributed by atoms with Crippen LogP contribution in [0.4, 0.5) is 17.1 Å². The number of benzene rings is 2. The molecule has 2 aliphatic heterocycles. The Bertz CT molecular complexity index is 826. The molecule has 0 saturated carbocycles. The van der Waals surface area contributed by atoms with Gasteiger partial charge in [0, 0.05) is 13.1 Å². The largest absolute Gasteiger partial charge is 0.374 e. The first kappa shape index (κ1) is 18.0. The van der Waals surface area contributed by atoms with Crippen LogP contribution in [0.5, 0.6) is 0 Å². The van der Waals surface area contributed by atoms with Crippen LogP contribution in [-0.4, -0.2) is 40.8 Å². The van der Waals surface area contributed by atoms with Crippen molar-refractivity contribution in [3.05, 3.63) is 54.6 Å². The van der Waals surface area contributed by atoms with Gasteiger partial charge in [0.15, 0.2) is 0 Å². The van der Waals surface area contributed by atoms with Crippen molar-refractivity contribution in [2.24, 2.45) is 0 Å². The van der Waals surface area contributed by atoms with Crippen molar-refractivity contribution in [2.45, 2.75) is 6.10 Å². The van der Waals surface area contributed by atoms with Crippen molar-refractivity contribution in [1.29, 1.82) is 0 Å². The number of morpholine rings is 1. The summed E-state index contributed by atoms with van der Waals surface area (Å²) in [5, 5.41) is 3.24. The zero-order chi connectivity index (χ0) is 16.6. The minimum atomic E-state index is -3.68. The van der Waals surface area contributed by atoms with Gasteiger partial charge in [-0.3, -0.25) is 0 Å². The van der Waals surface area contributed by atoms with Crippen molar-refractivity contribution < 1.29 is 13.2 Å². The van der Waals surface area contributed by atoms with Crippen molar-refractivity contribution >= 4 is 39.7 Å². The van der Waals surface area contributed by atoms with Crippen molar-refractivity contribution in [1.82, 2.24) is 5.32 Å². The maximum absolute atomic E-state index is 13.2. The second kappa shape index (κ2) is 7.21. The molecule has 0 unspecified atom stereocenters. The maximum atomic E-state index is 13.2. The van der Waals surface area contributed by atoms with Crippen molar-refractivity contribution in [3.8, 4) is 0 Å². The van der Waals surface area contributed by atoms with E-state index in [0.717, 1.165) is 6.54 Å². The fourth-order valence-electron chi connectivity index (χ4n) is 3.14. The third kappa shape index (κ3) is 3.20. The number of ether oxygens (including phenoxy) is 1. The van der Waals surface area contributed by atoms with E-state index in [1.165, 1.54) is 8.61 Å². The molecule has 1 fully saturated rings. The van der Waals surface area contributed by atoms with Gasteiger partial charge in [-0.25, -0.2) is 8.61 Å². The van der Waals surface area contributed by atoms with Gasteiger partial charge in [-0.2, -0.15) is 8.42 Å². The van der Waals surface area contributed by atoms with Gasteiger partial charge in [0.05, 0.1) is 36.3 Å². The van der Waals surface area contributed by atoms with Gasteiger partial charge in [-0.05, 0) is 24.3 Å². The smallest absolute Gasteiger partial charge is 0.331 e. The summed E-state index contributed by atoms with van der Waals surface area (Å²) in [6, 6.07) is 16.5. The lowest BCUT2D eigenvalue weighted by Gasteiger charge is -2.28. The quantitative estimate of drug-likeness (QED) is 0.886. The molecule has 4 rings (SSSR count). The molecule has 0 aliphatic carbocycles. The van der Waals surface area contributed by atoms with Gasteiger partial charge in [0.1, 0.15) is 0 Å². The van der Waals surface area contributed by atoms with E-state index in [2.05, 4.69) is 5.32 Å². The highest BCUT2D eigenvalue weighted by Crippen LogP contribution is 2.45. The Labute approximate surface area is 154 Å². The van der Waals surface area contributed by atoms with E-state index in [9.17, 15) is 8.42 Å². The van der Waals surface area contributed by atoms with E-state index >= 15 is 0 Å². The van der Waals surface area contributed by atoms with E-state index < -0.39 is 10.2 Å². The number of nitrogens with zero attached hydrogens (tertiary/aromatic N) is 2. The summed E-state index contributed by atoms with van der Waals surface area (Å²) in [5.74, 6) is 0. The van der Waals surface area contributed by atoms with E-state index in [4.69, 9.17) is 4.74 Å². The van der Waals surface area contributed by atoms with Gasteiger partial charge >= 0.3 is 10.2 Å². The zero-order valence-corrected chi connectivity index (χ0v) is 15.2. The summed E-state index contributed by atoms with van der Waals surface area (Å²) in [4.78, 5) is 0. The average Bonchev–Trinajstić information content (AvgIpc) is 2.84. The number of hydrogen-bond acceptors (Lipinski definition) is 4. The molecule has 8 heteroatoms. The van der Waals surface area contributed by atoms with Gasteiger partial charge in [0.2, 0.25) is 0 Å². The molecule has 1 saturated heterocycles. The van der Waals surface area contributed by atoms with Crippen molar-refractivity contribution in [2.75, 3.05) is 34.9 Å². The average molecular weight is 382 g/mol. The summed E-state index contributed by atoms with van der Waals surface area (Å²) in [6.45, 7) is 2.35. The molecule has 25 heavy (non-hydrogen) atoms. The van der Waals surface area contributed by atoms with Crippen LogP contribution in [0.2, 0.25) is 0 Å². The number of fused-ring (bicyclic) bond motifs is 1. The molecule has 134 valence electrons. The molecular formula is C17H20ClN3O3S. The number of rotatable bonds is 3. The Hall–Kier alpha value is -1.80. The molecule has 1 N–H and O–H groups in total. The number of anilines is 3. The molecule has 2 aliphatic rings. The highest BCUT2D eigenvalue weighted by molar-refractivity contribution is 7.95. The van der Waals surface area contributed by atoms with Crippen LogP contribution in [0, 0.1) is 0 Å². The topological polar surface area (TPSA) is 61.9 Å². The standard InChI is InChI=1S/C17H19N3O3S.ClH/c21-24(22)19(13-15-12-18-10-11-23-15)16-8-4-5-9-17(16)20(24)14-6-2-1-3-7-14;/h1-9,15,18H,10-13H2;1H/t15-;/m0./s1. The summed E-state index contributed by atoms with van der Waals surface area (Å²) >= 11 is 0. The molecule has 0 aromatic heterocycles. The first-order valence-electron chi connectivity index (χ1n) is 7.97. The molecular weight excluding hydrogens is 362 g/mol. The minimum absolute atomic E-state index is 0. The van der Waals surface area contributed by atoms with Crippen LogP contribution in [0.25, 0.3) is 0 Å². The third-order valence-corrected chi connectivity index (χ3v) is 6.01. The lowest BCUT2D eigenvalue weighted by atomic mass is 10.2. The zero-order valence-electron chi connectivity index (χ0n) is 13.5. The Balaban J connectivity index is 0.00000182. The normalized spacial score (nSPS) is 21.5. The second-order valence-electron chi connectivity index (χ2n) is 5.82. The van der Waals surface area contributed by atoms with Gasteiger partial charge in [-0.15, -0.1) is 12.4 Å². The monoisotopic (exact) mass is 381 g/mol. The van der Waals surface area contributed by atoms with Crippen LogP contribution in [0.3, 0.4) is 0 Å². The molecule has 2 heterocycles. The number of hydrogen-bond donors (Lipinski definition) is 1. The molecule has 0 spiro atoms. The van der Waals surface area contributed by atoms with Crippen LogP contribution >= 0.6 is 12.4 Å². The van der Waals surface area contributed by atoms with Crippen molar-refractivity contribution in [3.63, 3.8) is 0 Å². The van der Waals surface area contributed by atoms with E-state index in [1.807, 2.05) is 42.5 Å². The molecule has 6 nitrogen and oxygen atoms in total. The fourth-order valence-corrected chi connectivity index (χ4v) is 4.89. The summed E-state index contributed by atoms with van der Waals surface area (Å²) in [5.41, 5.74) is 2.00. The summed E-state index contributed by atoms with van der Waals surface area (Å²) in [6.07, 6.45) is -0.155. The maximum Gasteiger partial charge on any atom is 0.331 e. The molecule has 0 bridgehead atoms. The fraction of sp³-hybridized carbons (Fsp3) is 0.294. The Morgan fingerprint density at radius 3 is 2.40 bits per heavy atom. The van der Waals surface area contributed by atoms with Gasteiger partial charge in [0.25, 0.3) is 0 Å². The summed E-state index contributed by atoms with van der Waals surface area (Å²) < 4.78 is 35.0. The van der Waals surface area contributed by atoms with Crippen LogP contribution in [-0.2, 0) is 14.9 Å². The molecule has 2 aromatic carbocycles. The number of halogens is 1. The lowest BCUT2D eigenvalue weighted by Crippen LogP contribution is -2.47. The first-order chi connectivity index (χ1) is 11.7. The Morgan fingerprint density at radius 2 is 1.72 bits per heavy atom. The highest BCUT2D eigenvalue weighted by atomic mass is 35.5. The third-order valence-electron chi connectivity index (χ3n) is 4.24. The molecule has 1 atom stereocenters. The minimum Gasteiger partial charge on any atom is -0.374 e. The second-order valence-corrected chi connectivity index (χ2v) is 7.53. The van der Waals surface area contributed by atoms with Gasteiger partial charge < -0.3 is 10.1 Å². The van der Waals surface area contributed by atoms with E-state index in [-0.39, 0.29) is 18.5 Å². The van der Waals surface area contributed by atoms with Crippen LogP contribution in [0.15, 0.2) is 54.6 Å².